The van der Waals surface area contributed by atoms with Gasteiger partial charge in [0.1, 0.15) is 5.75 Å². The van der Waals surface area contributed by atoms with E-state index in [1.54, 1.807) is 47.3 Å². The van der Waals surface area contributed by atoms with Gasteiger partial charge in [0.15, 0.2) is 6.61 Å². The van der Waals surface area contributed by atoms with Gasteiger partial charge in [0.25, 0.3) is 11.8 Å². The first-order valence-electron chi connectivity index (χ1n) is 8.63. The molecule has 1 heterocycles. The van der Waals surface area contributed by atoms with Crippen molar-refractivity contribution < 1.29 is 14.3 Å². The summed E-state index contributed by atoms with van der Waals surface area (Å²) in [6.07, 6.45) is 2.16. The van der Waals surface area contributed by atoms with Gasteiger partial charge in [-0.25, -0.2) is 4.68 Å². The number of hydrogen-bond acceptors (Lipinski definition) is 4. The lowest BCUT2D eigenvalue weighted by Gasteiger charge is -2.09. The maximum Gasteiger partial charge on any atom is 0.259 e. The molecule has 7 nitrogen and oxygen atoms in total. The number of nitrogens with two attached hydrogens (primary N) is 1. The lowest BCUT2D eigenvalue weighted by atomic mass is 10.1. The second kappa shape index (κ2) is 8.58. The number of ether oxygens (including phenoxy) is 1. The number of benzene rings is 2. The molecule has 1 aromatic heterocycles. The highest BCUT2D eigenvalue weighted by Crippen LogP contribution is 2.21. The van der Waals surface area contributed by atoms with E-state index in [0.717, 1.165) is 11.4 Å². The van der Waals surface area contributed by atoms with Gasteiger partial charge in [0.2, 0.25) is 0 Å². The molecule has 28 heavy (non-hydrogen) atoms. The van der Waals surface area contributed by atoms with Crippen LogP contribution >= 0.6 is 11.6 Å². The molecule has 144 valence electrons. The van der Waals surface area contributed by atoms with E-state index in [2.05, 4.69) is 10.4 Å². The van der Waals surface area contributed by atoms with Crippen LogP contribution in [0.3, 0.4) is 0 Å². The van der Waals surface area contributed by atoms with Crippen molar-refractivity contribution in [3.8, 4) is 11.4 Å². The minimum absolute atomic E-state index is 0.200. The third-order valence-electron chi connectivity index (χ3n) is 3.99. The summed E-state index contributed by atoms with van der Waals surface area (Å²) >= 11 is 6.06. The number of anilines is 1. The SMILES string of the molecule is CCc1c(C(=O)Nc2ccc(OCC(N)=O)cc2)cnn1-c1cccc(Cl)c1. The van der Waals surface area contributed by atoms with Crippen molar-refractivity contribution in [1.82, 2.24) is 9.78 Å². The quantitative estimate of drug-likeness (QED) is 0.638. The van der Waals surface area contributed by atoms with Gasteiger partial charge in [-0.2, -0.15) is 5.10 Å². The molecule has 0 aliphatic heterocycles. The molecule has 0 bridgehead atoms. The molecule has 0 unspecified atom stereocenters. The second-order valence-corrected chi connectivity index (χ2v) is 6.42. The Morgan fingerprint density at radius 3 is 2.61 bits per heavy atom. The second-order valence-electron chi connectivity index (χ2n) is 5.98. The molecule has 0 saturated heterocycles. The van der Waals surface area contributed by atoms with Crippen LogP contribution in [0.2, 0.25) is 5.02 Å². The number of aromatic nitrogens is 2. The van der Waals surface area contributed by atoms with Crippen LogP contribution in [0.4, 0.5) is 5.69 Å². The molecule has 0 fully saturated rings. The number of halogens is 1. The van der Waals surface area contributed by atoms with E-state index in [4.69, 9.17) is 22.1 Å². The number of nitrogens with zero attached hydrogens (tertiary/aromatic N) is 2. The van der Waals surface area contributed by atoms with Crippen LogP contribution in [0, 0.1) is 0 Å². The van der Waals surface area contributed by atoms with Crippen LogP contribution in [0.15, 0.2) is 54.7 Å². The van der Waals surface area contributed by atoms with Crippen LogP contribution in [-0.4, -0.2) is 28.2 Å². The van der Waals surface area contributed by atoms with Crippen molar-refractivity contribution in [2.24, 2.45) is 5.73 Å². The van der Waals surface area contributed by atoms with E-state index < -0.39 is 5.91 Å². The number of nitrogens with one attached hydrogen (secondary N) is 1. The summed E-state index contributed by atoms with van der Waals surface area (Å²) in [6, 6.07) is 13.9. The third-order valence-corrected chi connectivity index (χ3v) is 4.23. The molecule has 8 heteroatoms. The molecule has 3 rings (SSSR count). The minimum atomic E-state index is -0.554. The van der Waals surface area contributed by atoms with Gasteiger partial charge >= 0.3 is 0 Å². The van der Waals surface area contributed by atoms with Crippen molar-refractivity contribution in [2.75, 3.05) is 11.9 Å². The summed E-state index contributed by atoms with van der Waals surface area (Å²) in [5.41, 5.74) is 7.69. The smallest absolute Gasteiger partial charge is 0.259 e. The van der Waals surface area contributed by atoms with Gasteiger partial charge in [0.05, 0.1) is 23.1 Å². The van der Waals surface area contributed by atoms with Gasteiger partial charge < -0.3 is 15.8 Å². The molecule has 2 aromatic carbocycles. The molecule has 3 aromatic rings. The van der Waals surface area contributed by atoms with Gasteiger partial charge in [0, 0.05) is 10.7 Å². The average Bonchev–Trinajstić information content (AvgIpc) is 3.11. The van der Waals surface area contributed by atoms with E-state index in [9.17, 15) is 9.59 Å². The molecular formula is C20H19ClN4O3. The van der Waals surface area contributed by atoms with Crippen LogP contribution in [0.5, 0.6) is 5.75 Å². The molecule has 2 amide bonds. The Labute approximate surface area is 167 Å². The molecule has 0 saturated carbocycles. The third kappa shape index (κ3) is 4.50. The van der Waals surface area contributed by atoms with E-state index in [1.807, 2.05) is 19.1 Å². The van der Waals surface area contributed by atoms with Crippen molar-refractivity contribution in [2.45, 2.75) is 13.3 Å². The van der Waals surface area contributed by atoms with Gasteiger partial charge in [-0.05, 0) is 48.9 Å². The van der Waals surface area contributed by atoms with Crippen molar-refractivity contribution in [1.29, 1.82) is 0 Å². The van der Waals surface area contributed by atoms with Crippen LogP contribution < -0.4 is 15.8 Å². The maximum atomic E-state index is 12.7. The molecule has 0 aliphatic rings. The predicted octanol–water partition coefficient (Wildman–Crippen LogP) is 3.20. The molecule has 0 spiro atoms. The number of amides is 2. The van der Waals surface area contributed by atoms with E-state index >= 15 is 0 Å². The fourth-order valence-corrected chi connectivity index (χ4v) is 2.91. The Kier molecular flexibility index (Phi) is 5.96. The Hall–Kier alpha value is -3.32. The fourth-order valence-electron chi connectivity index (χ4n) is 2.72. The summed E-state index contributed by atoms with van der Waals surface area (Å²) in [5.74, 6) is -0.336. The monoisotopic (exact) mass is 398 g/mol. The zero-order chi connectivity index (χ0) is 20.1. The first-order valence-corrected chi connectivity index (χ1v) is 9.01. The van der Waals surface area contributed by atoms with Crippen molar-refractivity contribution in [3.05, 3.63) is 71.0 Å². The molecular weight excluding hydrogens is 380 g/mol. The normalized spacial score (nSPS) is 10.5. The average molecular weight is 399 g/mol. The molecule has 0 aliphatic carbocycles. The Bertz CT molecular complexity index is 999. The first-order chi connectivity index (χ1) is 13.5. The minimum Gasteiger partial charge on any atom is -0.484 e. The van der Waals surface area contributed by atoms with Crippen LogP contribution in [0.1, 0.15) is 23.0 Å². The van der Waals surface area contributed by atoms with Crippen LogP contribution in [0.25, 0.3) is 5.69 Å². The number of rotatable bonds is 7. The largest absolute Gasteiger partial charge is 0.484 e. The number of primary amides is 1. The standard InChI is InChI=1S/C20H19ClN4O3/c1-2-18-17(11-23-25(18)15-5-3-4-13(21)10-15)20(27)24-14-6-8-16(9-7-14)28-12-19(22)26/h3-11H,2,12H2,1H3,(H2,22,26)(H,24,27). The topological polar surface area (TPSA) is 99.2 Å². The maximum absolute atomic E-state index is 12.7. The van der Waals surface area contributed by atoms with E-state index in [-0.39, 0.29) is 12.5 Å². The van der Waals surface area contributed by atoms with Gasteiger partial charge in [-0.1, -0.05) is 24.6 Å². The van der Waals surface area contributed by atoms with Crippen molar-refractivity contribution >= 4 is 29.1 Å². The highest BCUT2D eigenvalue weighted by Gasteiger charge is 2.17. The Morgan fingerprint density at radius 2 is 1.96 bits per heavy atom. The van der Waals surface area contributed by atoms with E-state index in [1.165, 1.54) is 0 Å². The molecule has 0 atom stereocenters. The summed E-state index contributed by atoms with van der Waals surface area (Å²) in [6.45, 7) is 1.76. The van der Waals surface area contributed by atoms with Gasteiger partial charge in [-0.3, -0.25) is 9.59 Å². The van der Waals surface area contributed by atoms with Gasteiger partial charge in [-0.15, -0.1) is 0 Å². The zero-order valence-corrected chi connectivity index (χ0v) is 15.9. The van der Waals surface area contributed by atoms with Crippen molar-refractivity contribution in [3.63, 3.8) is 0 Å². The summed E-state index contributed by atoms with van der Waals surface area (Å²) in [4.78, 5) is 23.5. The lowest BCUT2D eigenvalue weighted by molar-refractivity contribution is -0.119. The first kappa shape index (κ1) is 19.4. The number of carbonyl (C=O) groups is 2. The number of hydrogen-bond donors (Lipinski definition) is 2. The summed E-state index contributed by atoms with van der Waals surface area (Å²) in [7, 11) is 0. The lowest BCUT2D eigenvalue weighted by Crippen LogP contribution is -2.20. The van der Waals surface area contributed by atoms with E-state index in [0.29, 0.717) is 28.4 Å². The zero-order valence-electron chi connectivity index (χ0n) is 15.2. The Morgan fingerprint density at radius 1 is 1.21 bits per heavy atom. The fraction of sp³-hybridized carbons (Fsp3) is 0.150. The molecule has 3 N–H and O–H groups in total. The summed E-state index contributed by atoms with van der Waals surface area (Å²) in [5, 5.41) is 7.78. The summed E-state index contributed by atoms with van der Waals surface area (Å²) < 4.78 is 6.91. The highest BCUT2D eigenvalue weighted by atomic mass is 35.5. The predicted molar refractivity (Wildman–Crippen MR) is 107 cm³/mol. The molecule has 0 radical (unpaired) electrons. The highest BCUT2D eigenvalue weighted by molar-refractivity contribution is 6.30. The number of carbonyl (C=O) groups excluding carboxylic acids is 2. The van der Waals surface area contributed by atoms with Crippen LogP contribution in [-0.2, 0) is 11.2 Å². The Balaban J connectivity index is 1.77.